The summed E-state index contributed by atoms with van der Waals surface area (Å²) in [7, 11) is 1.33. The predicted octanol–water partition coefficient (Wildman–Crippen LogP) is -0.236. The minimum atomic E-state index is -1.75. The van der Waals surface area contributed by atoms with Gasteiger partial charge in [-0.1, -0.05) is 0 Å². The van der Waals surface area contributed by atoms with Crippen molar-refractivity contribution >= 4 is 11.0 Å². The fraction of sp³-hybridized carbons (Fsp3) is 0.318. The third-order valence-electron chi connectivity index (χ3n) is 5.47. The molecule has 4 rings (SSSR count). The van der Waals surface area contributed by atoms with E-state index in [1.807, 2.05) is 0 Å². The SMILES string of the molecule is COc1cc(O[C@H]2O[C@@H](CO)[C@H](O)[C@@H](O)[C@@H]2O)c2c(=O)c(O)c(-c3ccc(O)c(O)c3)oc2c1. The van der Waals surface area contributed by atoms with Gasteiger partial charge >= 0.3 is 0 Å². The molecule has 1 aromatic heterocycles. The number of fused-ring (bicyclic) bond motifs is 1. The molecule has 3 aromatic rings. The van der Waals surface area contributed by atoms with Crippen molar-refractivity contribution in [3.8, 4) is 40.1 Å². The van der Waals surface area contributed by atoms with Crippen LogP contribution in [0.5, 0.6) is 28.7 Å². The van der Waals surface area contributed by atoms with Gasteiger partial charge in [-0.05, 0) is 18.2 Å². The molecule has 2 aromatic carbocycles. The van der Waals surface area contributed by atoms with Gasteiger partial charge in [0.15, 0.2) is 17.3 Å². The number of benzene rings is 2. The number of rotatable bonds is 5. The lowest BCUT2D eigenvalue weighted by Gasteiger charge is -2.39. The molecule has 0 aliphatic carbocycles. The second-order valence-electron chi connectivity index (χ2n) is 7.63. The Balaban J connectivity index is 1.84. The molecule has 2 heterocycles. The lowest BCUT2D eigenvalue weighted by Crippen LogP contribution is -2.60. The summed E-state index contributed by atoms with van der Waals surface area (Å²) < 4.78 is 21.8. The molecule has 0 spiro atoms. The summed E-state index contributed by atoms with van der Waals surface area (Å²) in [4.78, 5) is 13.1. The van der Waals surface area contributed by atoms with Crippen molar-refractivity contribution in [2.24, 2.45) is 0 Å². The Morgan fingerprint density at radius 3 is 2.35 bits per heavy atom. The number of hydrogen-bond donors (Lipinski definition) is 7. The lowest BCUT2D eigenvalue weighted by molar-refractivity contribution is -0.277. The molecule has 1 aliphatic rings. The highest BCUT2D eigenvalue weighted by atomic mass is 16.7. The fourth-order valence-electron chi connectivity index (χ4n) is 3.61. The Morgan fingerprint density at radius 1 is 0.971 bits per heavy atom. The molecule has 1 saturated heterocycles. The third-order valence-corrected chi connectivity index (χ3v) is 5.47. The zero-order valence-electron chi connectivity index (χ0n) is 17.7. The summed E-state index contributed by atoms with van der Waals surface area (Å²) >= 11 is 0. The molecule has 0 amide bonds. The zero-order chi connectivity index (χ0) is 24.7. The number of methoxy groups -OCH3 is 1. The van der Waals surface area contributed by atoms with Gasteiger partial charge in [0.2, 0.25) is 17.5 Å². The van der Waals surface area contributed by atoms with Crippen LogP contribution in [0, 0.1) is 0 Å². The van der Waals surface area contributed by atoms with E-state index >= 15 is 0 Å². The van der Waals surface area contributed by atoms with Crippen LogP contribution < -0.4 is 14.9 Å². The second-order valence-corrected chi connectivity index (χ2v) is 7.63. The zero-order valence-corrected chi connectivity index (χ0v) is 17.7. The average molecular weight is 478 g/mol. The van der Waals surface area contributed by atoms with Gasteiger partial charge in [0, 0.05) is 17.7 Å². The van der Waals surface area contributed by atoms with Crippen molar-refractivity contribution in [2.45, 2.75) is 30.7 Å². The van der Waals surface area contributed by atoms with E-state index in [1.54, 1.807) is 0 Å². The highest BCUT2D eigenvalue weighted by molar-refractivity contribution is 5.88. The highest BCUT2D eigenvalue weighted by Gasteiger charge is 2.45. The van der Waals surface area contributed by atoms with E-state index in [2.05, 4.69) is 0 Å². The Bertz CT molecular complexity index is 1270. The van der Waals surface area contributed by atoms with Gasteiger partial charge < -0.3 is 54.4 Å². The number of hydrogen-bond acceptors (Lipinski definition) is 12. The Labute approximate surface area is 191 Å². The minimum absolute atomic E-state index is 0.0889. The van der Waals surface area contributed by atoms with Crippen molar-refractivity contribution in [1.29, 1.82) is 0 Å². The first-order valence-electron chi connectivity index (χ1n) is 10.0. The molecule has 0 radical (unpaired) electrons. The smallest absolute Gasteiger partial charge is 0.238 e. The van der Waals surface area contributed by atoms with E-state index in [9.17, 15) is 40.5 Å². The molecule has 12 nitrogen and oxygen atoms in total. The van der Waals surface area contributed by atoms with Crippen molar-refractivity contribution < 1.29 is 54.4 Å². The standard InChI is InChI=1S/C22H22O12/c1-31-9-5-12-15(13(6-9)33-22-20(30)18(28)16(26)14(7-23)34-22)17(27)19(29)21(32-12)8-2-3-10(24)11(25)4-8/h2-6,14,16,18,20,22-26,28-30H,7H2,1H3/t14-,16-,18+,20-,22-/m0/s1. The number of aromatic hydroxyl groups is 3. The normalized spacial score (nSPS) is 24.8. The van der Waals surface area contributed by atoms with E-state index in [4.69, 9.17) is 18.6 Å². The molecule has 5 atom stereocenters. The maximum atomic E-state index is 13.1. The van der Waals surface area contributed by atoms with Gasteiger partial charge in [0.25, 0.3) is 0 Å². The van der Waals surface area contributed by atoms with Crippen LogP contribution in [0.2, 0.25) is 0 Å². The minimum Gasteiger partial charge on any atom is -0.504 e. The summed E-state index contributed by atoms with van der Waals surface area (Å²) in [5.74, 6) is -2.15. The van der Waals surface area contributed by atoms with Crippen LogP contribution in [0.3, 0.4) is 0 Å². The molecule has 7 N–H and O–H groups in total. The van der Waals surface area contributed by atoms with Crippen molar-refractivity contribution in [1.82, 2.24) is 0 Å². The van der Waals surface area contributed by atoms with Gasteiger partial charge in [-0.15, -0.1) is 0 Å². The second kappa shape index (κ2) is 9.00. The highest BCUT2D eigenvalue weighted by Crippen LogP contribution is 2.39. The van der Waals surface area contributed by atoms with Crippen LogP contribution in [0.25, 0.3) is 22.3 Å². The van der Waals surface area contributed by atoms with Crippen LogP contribution in [-0.2, 0) is 4.74 Å². The molecule has 34 heavy (non-hydrogen) atoms. The number of phenols is 2. The lowest BCUT2D eigenvalue weighted by atomic mass is 9.99. The van der Waals surface area contributed by atoms with E-state index < -0.39 is 60.0 Å². The Kier molecular flexibility index (Phi) is 6.25. The van der Waals surface area contributed by atoms with Crippen molar-refractivity contribution in [3.63, 3.8) is 0 Å². The molecule has 1 aliphatic heterocycles. The van der Waals surface area contributed by atoms with Gasteiger partial charge in [-0.2, -0.15) is 0 Å². The molecule has 0 saturated carbocycles. The van der Waals surface area contributed by atoms with Crippen LogP contribution in [-0.4, -0.2) is 80.2 Å². The third kappa shape index (κ3) is 3.97. The average Bonchev–Trinajstić information content (AvgIpc) is 2.83. The molecule has 12 heteroatoms. The van der Waals surface area contributed by atoms with Crippen molar-refractivity contribution in [2.75, 3.05) is 13.7 Å². The topological polar surface area (TPSA) is 200 Å². The number of phenolic OH excluding ortho intramolecular Hbond substituents is 2. The van der Waals surface area contributed by atoms with Crippen LogP contribution in [0.15, 0.2) is 39.5 Å². The quantitative estimate of drug-likeness (QED) is 0.238. The van der Waals surface area contributed by atoms with Crippen LogP contribution in [0.4, 0.5) is 0 Å². The molecule has 0 unspecified atom stereocenters. The summed E-state index contributed by atoms with van der Waals surface area (Å²) in [6.07, 6.45) is -7.94. The monoisotopic (exact) mass is 478 g/mol. The number of ether oxygens (including phenoxy) is 3. The summed E-state index contributed by atoms with van der Waals surface area (Å²) in [5, 5.41) is 69.2. The van der Waals surface area contributed by atoms with E-state index in [1.165, 1.54) is 25.3 Å². The van der Waals surface area contributed by atoms with Gasteiger partial charge in [-0.25, -0.2) is 0 Å². The van der Waals surface area contributed by atoms with E-state index in [0.717, 1.165) is 12.1 Å². The van der Waals surface area contributed by atoms with Crippen LogP contribution in [0.1, 0.15) is 0 Å². The maximum absolute atomic E-state index is 13.1. The molecule has 182 valence electrons. The Morgan fingerprint density at radius 2 is 1.71 bits per heavy atom. The molecule has 1 fully saturated rings. The van der Waals surface area contributed by atoms with E-state index in [0.29, 0.717) is 0 Å². The fourth-order valence-corrected chi connectivity index (χ4v) is 3.61. The number of aliphatic hydroxyl groups is 4. The van der Waals surface area contributed by atoms with Gasteiger partial charge in [-0.3, -0.25) is 4.79 Å². The first-order chi connectivity index (χ1) is 16.2. The first-order valence-corrected chi connectivity index (χ1v) is 10.0. The summed E-state index contributed by atoms with van der Waals surface area (Å²) in [6, 6.07) is 6.13. The molecular formula is C22H22O12. The molecular weight excluding hydrogens is 456 g/mol. The molecule has 0 bridgehead atoms. The van der Waals surface area contributed by atoms with E-state index in [-0.39, 0.29) is 33.8 Å². The summed E-state index contributed by atoms with van der Waals surface area (Å²) in [6.45, 7) is -0.685. The largest absolute Gasteiger partial charge is 0.504 e. The van der Waals surface area contributed by atoms with Gasteiger partial charge in [0.1, 0.15) is 46.9 Å². The number of aliphatic hydroxyl groups excluding tert-OH is 4. The predicted molar refractivity (Wildman–Crippen MR) is 114 cm³/mol. The maximum Gasteiger partial charge on any atom is 0.238 e. The summed E-state index contributed by atoms with van der Waals surface area (Å²) in [5.41, 5.74) is -0.957. The van der Waals surface area contributed by atoms with Crippen molar-refractivity contribution in [3.05, 3.63) is 40.6 Å². The first kappa shape index (κ1) is 23.6. The Hall–Kier alpha value is -3.55. The van der Waals surface area contributed by atoms with Gasteiger partial charge in [0.05, 0.1) is 13.7 Å². The van der Waals surface area contributed by atoms with Crippen LogP contribution >= 0.6 is 0 Å².